The molecule has 0 bridgehead atoms. The monoisotopic (exact) mass is 358 g/mol. The normalized spacial score (nSPS) is 13.2. The van der Waals surface area contributed by atoms with Gasteiger partial charge in [0.15, 0.2) is 0 Å². The van der Waals surface area contributed by atoms with E-state index in [1.54, 1.807) is 6.07 Å². The highest BCUT2D eigenvalue weighted by molar-refractivity contribution is 7.16. The minimum absolute atomic E-state index is 0.0666. The summed E-state index contributed by atoms with van der Waals surface area (Å²) in [5.74, 6) is 0. The lowest BCUT2D eigenvalue weighted by molar-refractivity contribution is -0.375. The summed E-state index contributed by atoms with van der Waals surface area (Å²) < 4.78 is 76.3. The smallest absolute Gasteiger partial charge is 0.369 e. The van der Waals surface area contributed by atoms with Crippen molar-refractivity contribution in [2.24, 2.45) is 0 Å². The molecule has 0 radical (unpaired) electrons. The molecule has 0 saturated carbocycles. The number of rotatable bonds is 2. The van der Waals surface area contributed by atoms with Gasteiger partial charge in [-0.25, -0.2) is 4.98 Å². The second kappa shape index (κ2) is 5.22. The maximum atomic E-state index is 12.7. The Bertz CT molecular complexity index is 710. The fourth-order valence-electron chi connectivity index (χ4n) is 1.52. The molecule has 2 aromatic heterocycles. The quantitative estimate of drug-likeness (QED) is 0.824. The van der Waals surface area contributed by atoms with E-state index in [1.807, 2.05) is 0 Å². The van der Waals surface area contributed by atoms with Crippen molar-refractivity contribution in [2.45, 2.75) is 18.0 Å². The number of thiophene rings is 1. The first-order valence-corrected chi connectivity index (χ1v) is 7.01. The molecule has 2 heterocycles. The number of hydrogen-bond acceptors (Lipinski definition) is 5. The lowest BCUT2D eigenvalue weighted by Gasteiger charge is -2.30. The van der Waals surface area contributed by atoms with Crippen LogP contribution in [0.3, 0.4) is 0 Å². The molecule has 2 rings (SSSR count). The molecule has 0 aromatic carbocycles. The van der Waals surface area contributed by atoms with E-state index in [0.29, 0.717) is 6.20 Å². The van der Waals surface area contributed by atoms with E-state index in [-0.39, 0.29) is 26.8 Å². The molecule has 22 heavy (non-hydrogen) atoms. The van der Waals surface area contributed by atoms with Gasteiger partial charge < -0.3 is 5.11 Å². The van der Waals surface area contributed by atoms with E-state index < -0.39 is 22.8 Å². The average Bonchev–Trinajstić information content (AvgIpc) is 3.03. The molecule has 0 aliphatic carbocycles. The average molecular weight is 358 g/mol. The minimum Gasteiger partial charge on any atom is -0.369 e. The molecule has 0 spiro atoms. The number of nitrogens with zero attached hydrogens (tertiary/aromatic N) is 2. The fourth-order valence-corrected chi connectivity index (χ4v) is 3.31. The lowest BCUT2D eigenvalue weighted by Crippen LogP contribution is -2.53. The number of aliphatic hydroxyl groups is 1. The van der Waals surface area contributed by atoms with Gasteiger partial charge in [-0.2, -0.15) is 31.6 Å². The summed E-state index contributed by atoms with van der Waals surface area (Å²) in [6.45, 7) is 0. The predicted molar refractivity (Wildman–Crippen MR) is 66.1 cm³/mol. The first-order valence-electron chi connectivity index (χ1n) is 5.32. The number of aromatic nitrogens is 1. The highest BCUT2D eigenvalue weighted by Gasteiger charge is 2.72. The van der Waals surface area contributed by atoms with Crippen molar-refractivity contribution in [3.05, 3.63) is 27.4 Å². The van der Waals surface area contributed by atoms with Gasteiger partial charge in [0, 0.05) is 17.1 Å². The lowest BCUT2D eigenvalue weighted by atomic mass is 10.0. The molecule has 118 valence electrons. The van der Waals surface area contributed by atoms with Crippen LogP contribution in [-0.4, -0.2) is 22.4 Å². The standard InChI is InChI=1S/C11H4F6N2OS2/c12-10(13,14)9(20,11(15,16)17)7-3-19-8(22-7)5-1-6(2-18)21-4-5/h1,3-4,20H. The van der Waals surface area contributed by atoms with Crippen molar-refractivity contribution in [2.75, 3.05) is 0 Å². The number of halogens is 6. The first kappa shape index (κ1) is 16.7. The van der Waals surface area contributed by atoms with Crippen LogP contribution in [0.1, 0.15) is 9.75 Å². The van der Waals surface area contributed by atoms with Gasteiger partial charge >= 0.3 is 12.4 Å². The second-order valence-corrected chi connectivity index (χ2v) is 5.99. The van der Waals surface area contributed by atoms with E-state index in [2.05, 4.69) is 4.98 Å². The van der Waals surface area contributed by atoms with Crippen LogP contribution in [0.4, 0.5) is 26.3 Å². The van der Waals surface area contributed by atoms with Crippen LogP contribution in [0.2, 0.25) is 0 Å². The number of hydrogen-bond donors (Lipinski definition) is 1. The van der Waals surface area contributed by atoms with Crippen LogP contribution < -0.4 is 0 Å². The van der Waals surface area contributed by atoms with Crippen LogP contribution in [0, 0.1) is 11.3 Å². The van der Waals surface area contributed by atoms with Crippen molar-refractivity contribution in [1.82, 2.24) is 4.98 Å². The third kappa shape index (κ3) is 2.57. The molecule has 3 nitrogen and oxygen atoms in total. The van der Waals surface area contributed by atoms with Crippen LogP contribution in [0.15, 0.2) is 17.6 Å². The summed E-state index contributed by atoms with van der Waals surface area (Å²) in [5.41, 5.74) is -4.77. The van der Waals surface area contributed by atoms with Gasteiger partial charge in [-0.15, -0.1) is 22.7 Å². The summed E-state index contributed by atoms with van der Waals surface area (Å²) in [7, 11) is 0. The SMILES string of the molecule is N#Cc1cc(-c2ncc(C(O)(C(F)(F)F)C(F)(F)F)s2)cs1. The maximum absolute atomic E-state index is 12.7. The number of nitriles is 1. The summed E-state index contributed by atoms with van der Waals surface area (Å²) in [4.78, 5) is 2.33. The van der Waals surface area contributed by atoms with Gasteiger partial charge in [-0.3, -0.25) is 0 Å². The third-order valence-corrected chi connectivity index (χ3v) is 4.63. The van der Waals surface area contributed by atoms with Gasteiger partial charge in [0.05, 0.1) is 4.88 Å². The molecule has 0 aliphatic rings. The summed E-state index contributed by atoms with van der Waals surface area (Å²) in [6, 6.07) is 3.07. The maximum Gasteiger partial charge on any atom is 0.431 e. The Morgan fingerprint density at radius 2 is 1.73 bits per heavy atom. The third-order valence-electron chi connectivity index (χ3n) is 2.64. The Labute approximate surface area is 127 Å². The molecule has 2 aromatic rings. The zero-order valence-corrected chi connectivity index (χ0v) is 11.8. The van der Waals surface area contributed by atoms with Gasteiger partial charge in [-0.05, 0) is 6.07 Å². The van der Waals surface area contributed by atoms with E-state index in [1.165, 1.54) is 11.4 Å². The van der Waals surface area contributed by atoms with E-state index in [9.17, 15) is 31.4 Å². The Balaban J connectivity index is 2.51. The second-order valence-electron chi connectivity index (χ2n) is 4.05. The Hall–Kier alpha value is -1.64. The van der Waals surface area contributed by atoms with Gasteiger partial charge in [-0.1, -0.05) is 0 Å². The van der Waals surface area contributed by atoms with E-state index in [4.69, 9.17) is 5.26 Å². The molecular formula is C11H4F6N2OS2. The molecule has 0 aliphatic heterocycles. The minimum atomic E-state index is -5.94. The van der Waals surface area contributed by atoms with Crippen molar-refractivity contribution in [1.29, 1.82) is 5.26 Å². The molecule has 0 amide bonds. The van der Waals surface area contributed by atoms with E-state index in [0.717, 1.165) is 11.3 Å². The van der Waals surface area contributed by atoms with Crippen molar-refractivity contribution in [3.8, 4) is 16.6 Å². The highest BCUT2D eigenvalue weighted by atomic mass is 32.1. The zero-order chi connectivity index (χ0) is 16.8. The van der Waals surface area contributed by atoms with Gasteiger partial charge in [0.25, 0.3) is 5.60 Å². The summed E-state index contributed by atoms with van der Waals surface area (Å²) in [5, 5.41) is 19.1. The van der Waals surface area contributed by atoms with Crippen LogP contribution in [0.25, 0.3) is 10.6 Å². The summed E-state index contributed by atoms with van der Waals surface area (Å²) >= 11 is 1.04. The number of alkyl halides is 6. The molecule has 11 heteroatoms. The van der Waals surface area contributed by atoms with Gasteiger partial charge in [0.1, 0.15) is 16.0 Å². The largest absolute Gasteiger partial charge is 0.431 e. The van der Waals surface area contributed by atoms with Crippen molar-refractivity contribution < 1.29 is 31.4 Å². The van der Waals surface area contributed by atoms with Crippen molar-refractivity contribution >= 4 is 22.7 Å². The van der Waals surface area contributed by atoms with Crippen LogP contribution in [-0.2, 0) is 5.60 Å². The Morgan fingerprint density at radius 1 is 1.14 bits per heavy atom. The molecule has 0 saturated heterocycles. The topological polar surface area (TPSA) is 56.9 Å². The van der Waals surface area contributed by atoms with Gasteiger partial charge in [0.2, 0.25) is 0 Å². The predicted octanol–water partition coefficient (Wildman–Crippen LogP) is 4.06. The molecule has 0 fully saturated rings. The number of thiazole rings is 1. The Kier molecular flexibility index (Phi) is 3.97. The van der Waals surface area contributed by atoms with E-state index >= 15 is 0 Å². The Morgan fingerprint density at radius 3 is 2.18 bits per heavy atom. The van der Waals surface area contributed by atoms with Crippen LogP contribution in [0.5, 0.6) is 0 Å². The first-order chi connectivity index (χ1) is 10.0. The van der Waals surface area contributed by atoms with Crippen LogP contribution >= 0.6 is 22.7 Å². The van der Waals surface area contributed by atoms with Crippen molar-refractivity contribution in [3.63, 3.8) is 0 Å². The molecule has 0 unspecified atom stereocenters. The summed E-state index contributed by atoms with van der Waals surface area (Å²) in [6.07, 6.45) is -11.5. The highest BCUT2D eigenvalue weighted by Crippen LogP contribution is 2.52. The molecular weight excluding hydrogens is 354 g/mol. The fraction of sp³-hybridized carbons (Fsp3) is 0.273. The zero-order valence-electron chi connectivity index (χ0n) is 10.2. The molecule has 0 atom stereocenters. The molecule has 1 N–H and O–H groups in total.